The Morgan fingerprint density at radius 1 is 0.963 bits per heavy atom. The molecule has 0 unspecified atom stereocenters. The smallest absolute Gasteiger partial charge is 0.187 e. The molecule has 3 rings (SSSR count). The van der Waals surface area contributed by atoms with Gasteiger partial charge in [-0.3, -0.25) is 4.79 Å². The van der Waals surface area contributed by atoms with Crippen LogP contribution in [-0.4, -0.2) is 25.9 Å². The number of carbonyl (C=O) groups excluding carboxylic acids is 1. The van der Waals surface area contributed by atoms with Gasteiger partial charge in [0, 0.05) is 43.2 Å². The minimum atomic E-state index is -0.277. The van der Waals surface area contributed by atoms with E-state index in [2.05, 4.69) is 5.32 Å². The summed E-state index contributed by atoms with van der Waals surface area (Å²) in [5.41, 5.74) is 3.30. The summed E-state index contributed by atoms with van der Waals surface area (Å²) in [6.07, 6.45) is 7.52. The molecule has 0 aliphatic heterocycles. The molecule has 2 aromatic rings. The Kier molecular flexibility index (Phi) is 6.28. The molecule has 1 aliphatic carbocycles. The lowest BCUT2D eigenvalue weighted by molar-refractivity contribution is 0.104. The molecule has 3 nitrogen and oxygen atoms in total. The third-order valence-electron chi connectivity index (χ3n) is 5.06. The van der Waals surface area contributed by atoms with Crippen molar-refractivity contribution in [3.05, 3.63) is 71.6 Å². The van der Waals surface area contributed by atoms with Crippen molar-refractivity contribution in [2.24, 2.45) is 0 Å². The normalized spacial score (nSPS) is 15.4. The highest BCUT2D eigenvalue weighted by Gasteiger charge is 2.16. The lowest BCUT2D eigenvalue weighted by atomic mass is 9.94. The number of hydrogen-bond donors (Lipinski definition) is 1. The van der Waals surface area contributed by atoms with Gasteiger partial charge in [0.15, 0.2) is 5.78 Å². The fourth-order valence-electron chi connectivity index (χ4n) is 3.44. The summed E-state index contributed by atoms with van der Waals surface area (Å²) >= 11 is 0. The van der Waals surface area contributed by atoms with Crippen molar-refractivity contribution in [3.63, 3.8) is 0 Å². The summed E-state index contributed by atoms with van der Waals surface area (Å²) in [5, 5.41) is 3.53. The number of halogens is 1. The Balaban J connectivity index is 1.85. The van der Waals surface area contributed by atoms with Crippen LogP contribution in [0.25, 0.3) is 5.70 Å². The number of rotatable bonds is 6. The van der Waals surface area contributed by atoms with Crippen LogP contribution >= 0.6 is 0 Å². The molecule has 0 spiro atoms. The predicted molar refractivity (Wildman–Crippen MR) is 109 cm³/mol. The fourth-order valence-corrected chi connectivity index (χ4v) is 3.44. The Morgan fingerprint density at radius 3 is 2.15 bits per heavy atom. The van der Waals surface area contributed by atoms with Gasteiger partial charge >= 0.3 is 0 Å². The summed E-state index contributed by atoms with van der Waals surface area (Å²) in [5.74, 6) is -0.329. The van der Waals surface area contributed by atoms with Crippen LogP contribution in [0.3, 0.4) is 0 Å². The van der Waals surface area contributed by atoms with E-state index in [1.807, 2.05) is 43.3 Å². The number of nitrogens with one attached hydrogen (secondary N) is 1. The molecule has 2 aromatic carbocycles. The standard InChI is InChI=1S/C23H27FN2O/c1-26(2)21-14-10-18(11-15-21)23(27)16-22(17-8-12-19(24)13-9-17)25-20-6-4-3-5-7-20/h8-16,20,25H,3-7H2,1-2H3/b22-16-. The van der Waals surface area contributed by atoms with E-state index >= 15 is 0 Å². The second kappa shape index (κ2) is 8.85. The zero-order valence-corrected chi connectivity index (χ0v) is 16.0. The Bertz CT molecular complexity index is 788. The van der Waals surface area contributed by atoms with Gasteiger partial charge in [-0.1, -0.05) is 19.3 Å². The SMILES string of the molecule is CN(C)c1ccc(C(=O)/C=C(\NC2CCCCC2)c2ccc(F)cc2)cc1. The van der Waals surface area contributed by atoms with Gasteiger partial charge in [0.05, 0.1) is 0 Å². The van der Waals surface area contributed by atoms with E-state index in [-0.39, 0.29) is 11.6 Å². The molecule has 0 bridgehead atoms. The number of anilines is 1. The van der Waals surface area contributed by atoms with Gasteiger partial charge in [-0.15, -0.1) is 0 Å². The van der Waals surface area contributed by atoms with E-state index in [0.29, 0.717) is 11.6 Å². The highest BCUT2D eigenvalue weighted by atomic mass is 19.1. The van der Waals surface area contributed by atoms with Crippen LogP contribution in [0.1, 0.15) is 48.0 Å². The molecule has 0 aromatic heterocycles. The van der Waals surface area contributed by atoms with Gasteiger partial charge in [-0.25, -0.2) is 4.39 Å². The molecule has 1 aliphatic rings. The van der Waals surface area contributed by atoms with Crippen LogP contribution in [0, 0.1) is 5.82 Å². The van der Waals surface area contributed by atoms with Gasteiger partial charge in [0.25, 0.3) is 0 Å². The summed E-state index contributed by atoms with van der Waals surface area (Å²) in [4.78, 5) is 14.8. The van der Waals surface area contributed by atoms with Gasteiger partial charge in [0.1, 0.15) is 5.82 Å². The second-order valence-electron chi connectivity index (χ2n) is 7.35. The first kappa shape index (κ1) is 19.2. The van der Waals surface area contributed by atoms with E-state index in [0.717, 1.165) is 29.8 Å². The third kappa shape index (κ3) is 5.19. The molecule has 27 heavy (non-hydrogen) atoms. The number of carbonyl (C=O) groups is 1. The molecular weight excluding hydrogens is 339 g/mol. The van der Waals surface area contributed by atoms with Crippen molar-refractivity contribution < 1.29 is 9.18 Å². The van der Waals surface area contributed by atoms with Crippen LogP contribution in [0.2, 0.25) is 0 Å². The van der Waals surface area contributed by atoms with E-state index in [1.54, 1.807) is 18.2 Å². The average molecular weight is 366 g/mol. The Labute approximate surface area is 160 Å². The van der Waals surface area contributed by atoms with Gasteiger partial charge < -0.3 is 10.2 Å². The maximum absolute atomic E-state index is 13.3. The van der Waals surface area contributed by atoms with E-state index in [9.17, 15) is 9.18 Å². The summed E-state index contributed by atoms with van der Waals surface area (Å²) in [6, 6.07) is 14.2. The Hall–Kier alpha value is -2.62. The molecular formula is C23H27FN2O. The van der Waals surface area contributed by atoms with E-state index in [1.165, 1.54) is 31.4 Å². The molecule has 1 fully saturated rings. The molecule has 0 atom stereocenters. The number of nitrogens with zero attached hydrogens (tertiary/aromatic N) is 1. The first-order valence-electron chi connectivity index (χ1n) is 9.59. The summed E-state index contributed by atoms with van der Waals surface area (Å²) in [7, 11) is 3.94. The number of hydrogen-bond acceptors (Lipinski definition) is 3. The van der Waals surface area contributed by atoms with Gasteiger partial charge in [0.2, 0.25) is 0 Å². The number of ketones is 1. The van der Waals surface area contributed by atoms with Crippen molar-refractivity contribution >= 4 is 17.2 Å². The average Bonchev–Trinajstić information content (AvgIpc) is 2.69. The largest absolute Gasteiger partial charge is 0.382 e. The molecule has 4 heteroatoms. The highest BCUT2D eigenvalue weighted by Crippen LogP contribution is 2.22. The molecule has 142 valence electrons. The zero-order chi connectivity index (χ0) is 19.2. The molecule has 0 saturated heterocycles. The number of allylic oxidation sites excluding steroid dienone is 1. The topological polar surface area (TPSA) is 32.3 Å². The monoisotopic (exact) mass is 366 g/mol. The molecule has 0 heterocycles. The van der Waals surface area contributed by atoms with Crippen molar-refractivity contribution in [2.45, 2.75) is 38.1 Å². The quantitative estimate of drug-likeness (QED) is 0.574. The molecule has 0 amide bonds. The maximum atomic E-state index is 13.3. The van der Waals surface area contributed by atoms with Crippen molar-refractivity contribution in [1.82, 2.24) is 5.32 Å². The van der Waals surface area contributed by atoms with Crippen molar-refractivity contribution in [3.8, 4) is 0 Å². The minimum Gasteiger partial charge on any atom is -0.382 e. The minimum absolute atomic E-state index is 0.0528. The van der Waals surface area contributed by atoms with Gasteiger partial charge in [-0.2, -0.15) is 0 Å². The molecule has 0 radical (unpaired) electrons. The summed E-state index contributed by atoms with van der Waals surface area (Å²) < 4.78 is 13.3. The molecule has 1 N–H and O–H groups in total. The summed E-state index contributed by atoms with van der Waals surface area (Å²) in [6.45, 7) is 0. The first-order valence-corrected chi connectivity index (χ1v) is 9.59. The maximum Gasteiger partial charge on any atom is 0.187 e. The second-order valence-corrected chi connectivity index (χ2v) is 7.35. The fraction of sp³-hybridized carbons (Fsp3) is 0.348. The van der Waals surface area contributed by atoms with E-state index in [4.69, 9.17) is 0 Å². The zero-order valence-electron chi connectivity index (χ0n) is 16.0. The highest BCUT2D eigenvalue weighted by molar-refractivity contribution is 6.08. The van der Waals surface area contributed by atoms with Crippen LogP contribution in [0.5, 0.6) is 0 Å². The van der Waals surface area contributed by atoms with Crippen molar-refractivity contribution in [2.75, 3.05) is 19.0 Å². The van der Waals surface area contributed by atoms with E-state index < -0.39 is 0 Å². The molecule has 1 saturated carbocycles. The van der Waals surface area contributed by atoms with Gasteiger partial charge in [-0.05, 0) is 66.9 Å². The number of benzene rings is 2. The van der Waals surface area contributed by atoms with Crippen molar-refractivity contribution in [1.29, 1.82) is 0 Å². The van der Waals surface area contributed by atoms with Crippen LogP contribution < -0.4 is 10.2 Å². The van der Waals surface area contributed by atoms with Crippen LogP contribution in [-0.2, 0) is 0 Å². The lowest BCUT2D eigenvalue weighted by Gasteiger charge is -2.25. The third-order valence-corrected chi connectivity index (χ3v) is 5.06. The van der Waals surface area contributed by atoms with Crippen LogP contribution in [0.15, 0.2) is 54.6 Å². The predicted octanol–water partition coefficient (Wildman–Crippen LogP) is 5.04. The lowest BCUT2D eigenvalue weighted by Crippen LogP contribution is -2.30. The first-order chi connectivity index (χ1) is 13.0. The Morgan fingerprint density at radius 2 is 1.56 bits per heavy atom. The van der Waals surface area contributed by atoms with Crippen LogP contribution in [0.4, 0.5) is 10.1 Å².